The smallest absolute Gasteiger partial charge is 0.325 e. The summed E-state index contributed by atoms with van der Waals surface area (Å²) in [5.41, 5.74) is 1.65. The van der Waals surface area contributed by atoms with Gasteiger partial charge in [0, 0.05) is 0 Å². The molecule has 1 aromatic heterocycles. The van der Waals surface area contributed by atoms with Crippen LogP contribution in [0.3, 0.4) is 0 Å². The van der Waals surface area contributed by atoms with Gasteiger partial charge in [0.1, 0.15) is 23.7 Å². The predicted molar refractivity (Wildman–Crippen MR) is 116 cm³/mol. The number of hydrogen-bond acceptors (Lipinski definition) is 5. The van der Waals surface area contributed by atoms with Crippen molar-refractivity contribution < 1.29 is 23.5 Å². The Labute approximate surface area is 179 Å². The summed E-state index contributed by atoms with van der Waals surface area (Å²) in [4.78, 5) is 24.6. The highest BCUT2D eigenvalue weighted by Gasteiger charge is 2.21. The molecular weight excluding hydrogens is 401 g/mol. The number of methoxy groups -OCH3 is 1. The molecule has 0 spiro atoms. The number of carbonyl (C=O) groups excluding carboxylic acids is 2. The van der Waals surface area contributed by atoms with Gasteiger partial charge < -0.3 is 14.8 Å². The van der Waals surface area contributed by atoms with Crippen molar-refractivity contribution >= 4 is 34.9 Å². The van der Waals surface area contributed by atoms with Crippen molar-refractivity contribution in [2.24, 2.45) is 0 Å². The Morgan fingerprint density at radius 2 is 1.84 bits per heavy atom. The summed E-state index contributed by atoms with van der Waals surface area (Å²) in [5.74, 6) is -0.996. The van der Waals surface area contributed by atoms with E-state index in [0.717, 1.165) is 5.56 Å². The molecule has 0 aliphatic heterocycles. The summed E-state index contributed by atoms with van der Waals surface area (Å²) in [6, 6.07) is 9.34. The molecule has 0 radical (unpaired) electrons. The van der Waals surface area contributed by atoms with E-state index >= 15 is 0 Å². The van der Waals surface area contributed by atoms with Crippen LogP contribution in [0.1, 0.15) is 42.4 Å². The molecule has 2 N–H and O–H groups in total. The minimum Gasteiger partial charge on any atom is -0.495 e. The van der Waals surface area contributed by atoms with Crippen LogP contribution < -0.4 is 10.1 Å². The summed E-state index contributed by atoms with van der Waals surface area (Å²) >= 11 is 0. The molecule has 2 aromatic carbocycles. The highest BCUT2D eigenvalue weighted by atomic mass is 19.1. The third kappa shape index (κ3) is 5.48. The summed E-state index contributed by atoms with van der Waals surface area (Å²) in [7, 11) is 1.46. The van der Waals surface area contributed by atoms with Gasteiger partial charge >= 0.3 is 5.97 Å². The van der Waals surface area contributed by atoms with Crippen LogP contribution in [0.15, 0.2) is 36.4 Å². The van der Waals surface area contributed by atoms with E-state index in [1.807, 2.05) is 0 Å². The Bertz CT molecular complexity index is 1130. The van der Waals surface area contributed by atoms with Crippen molar-refractivity contribution in [3.63, 3.8) is 0 Å². The van der Waals surface area contributed by atoms with Crippen molar-refractivity contribution in [2.75, 3.05) is 13.7 Å². The van der Waals surface area contributed by atoms with Crippen molar-refractivity contribution in [1.29, 1.82) is 0 Å². The first-order valence-electron chi connectivity index (χ1n) is 9.66. The quantitative estimate of drug-likeness (QED) is 0.584. The van der Waals surface area contributed by atoms with Gasteiger partial charge in [-0.25, -0.2) is 4.39 Å². The number of aromatic amines is 1. The molecular formula is C23H24FN3O4. The molecule has 162 valence electrons. The van der Waals surface area contributed by atoms with Crippen LogP contribution in [0, 0.1) is 5.82 Å². The van der Waals surface area contributed by atoms with Crippen molar-refractivity contribution in [1.82, 2.24) is 15.5 Å². The average molecular weight is 425 g/mol. The molecule has 0 saturated heterocycles. The molecule has 0 fully saturated rings. The number of rotatable bonds is 6. The molecule has 1 heterocycles. The number of nitrogens with one attached hydrogen (secondary N) is 2. The number of H-pyrrole nitrogens is 1. The SMILES string of the molecule is COc1c(C(=O)NCC(=O)OC(C)(C)C)ccc2[nH]nc(C=Cc3ccc(F)cc3)c12. The fraction of sp³-hybridized carbons (Fsp3) is 0.261. The minimum absolute atomic E-state index is 0.261. The van der Waals surface area contributed by atoms with Gasteiger partial charge in [-0.2, -0.15) is 5.10 Å². The number of esters is 1. The predicted octanol–water partition coefficient (Wildman–Crippen LogP) is 3.95. The van der Waals surface area contributed by atoms with Crippen molar-refractivity contribution in [2.45, 2.75) is 26.4 Å². The van der Waals surface area contributed by atoms with Crippen LogP contribution in [-0.2, 0) is 9.53 Å². The molecule has 8 heteroatoms. The van der Waals surface area contributed by atoms with Crippen LogP contribution in [0.5, 0.6) is 5.75 Å². The van der Waals surface area contributed by atoms with Crippen molar-refractivity contribution in [3.05, 3.63) is 59.0 Å². The lowest BCUT2D eigenvalue weighted by Gasteiger charge is -2.19. The van der Waals surface area contributed by atoms with E-state index in [1.165, 1.54) is 19.2 Å². The highest BCUT2D eigenvalue weighted by Crippen LogP contribution is 2.32. The molecule has 31 heavy (non-hydrogen) atoms. The summed E-state index contributed by atoms with van der Waals surface area (Å²) in [5, 5.41) is 10.4. The van der Waals surface area contributed by atoms with E-state index in [1.54, 1.807) is 57.2 Å². The Morgan fingerprint density at radius 3 is 2.48 bits per heavy atom. The zero-order valence-corrected chi connectivity index (χ0v) is 17.8. The van der Waals surface area contributed by atoms with E-state index in [0.29, 0.717) is 22.3 Å². The summed E-state index contributed by atoms with van der Waals surface area (Å²) < 4.78 is 23.8. The standard InChI is InChI=1S/C23H24FN3O4/c1-23(2,3)31-19(28)13-25-22(29)16-10-12-18-20(21(16)30-4)17(26-27-18)11-7-14-5-8-15(24)9-6-14/h5-12H,13H2,1-4H3,(H,25,29)(H,26,27). The third-order valence-corrected chi connectivity index (χ3v) is 4.28. The minimum atomic E-state index is -0.638. The second-order valence-corrected chi connectivity index (χ2v) is 7.83. The van der Waals surface area contributed by atoms with Gasteiger partial charge in [-0.3, -0.25) is 14.7 Å². The van der Waals surface area contributed by atoms with Gasteiger partial charge in [-0.05, 0) is 56.7 Å². The number of fused-ring (bicyclic) bond motifs is 1. The Hall–Kier alpha value is -3.68. The molecule has 0 unspecified atom stereocenters. The number of aromatic nitrogens is 2. The largest absolute Gasteiger partial charge is 0.495 e. The Morgan fingerprint density at radius 1 is 1.13 bits per heavy atom. The maximum Gasteiger partial charge on any atom is 0.325 e. The summed E-state index contributed by atoms with van der Waals surface area (Å²) in [6.45, 7) is 5.00. The van der Waals surface area contributed by atoms with Crippen LogP contribution in [0.2, 0.25) is 0 Å². The molecule has 0 saturated carbocycles. The lowest BCUT2D eigenvalue weighted by Crippen LogP contribution is -2.34. The van der Waals surface area contributed by atoms with Gasteiger partial charge in [0.25, 0.3) is 5.91 Å². The van der Waals surface area contributed by atoms with E-state index in [4.69, 9.17) is 9.47 Å². The second-order valence-electron chi connectivity index (χ2n) is 7.83. The molecule has 1 amide bonds. The first-order valence-corrected chi connectivity index (χ1v) is 9.66. The van der Waals surface area contributed by atoms with E-state index in [-0.39, 0.29) is 17.9 Å². The zero-order valence-electron chi connectivity index (χ0n) is 17.8. The molecule has 0 bridgehead atoms. The molecule has 7 nitrogen and oxygen atoms in total. The number of amides is 1. The van der Waals surface area contributed by atoms with E-state index in [2.05, 4.69) is 15.5 Å². The van der Waals surface area contributed by atoms with E-state index < -0.39 is 17.5 Å². The van der Waals surface area contributed by atoms with Crippen LogP contribution >= 0.6 is 0 Å². The van der Waals surface area contributed by atoms with Crippen LogP contribution in [0.4, 0.5) is 4.39 Å². The molecule has 3 aromatic rings. The topological polar surface area (TPSA) is 93.3 Å². The number of ether oxygens (including phenoxy) is 2. The van der Waals surface area contributed by atoms with Gasteiger partial charge in [0.15, 0.2) is 0 Å². The molecule has 0 aliphatic rings. The molecule has 3 rings (SSSR count). The Balaban J connectivity index is 1.86. The number of nitrogens with zero attached hydrogens (tertiary/aromatic N) is 1. The highest BCUT2D eigenvalue weighted by molar-refractivity contribution is 6.06. The maximum absolute atomic E-state index is 13.1. The first-order chi connectivity index (χ1) is 14.7. The molecule has 0 atom stereocenters. The second kappa shape index (κ2) is 8.99. The fourth-order valence-corrected chi connectivity index (χ4v) is 2.99. The van der Waals surface area contributed by atoms with Gasteiger partial charge in [-0.15, -0.1) is 0 Å². The maximum atomic E-state index is 13.1. The number of benzene rings is 2. The molecule has 0 aliphatic carbocycles. The van der Waals surface area contributed by atoms with Gasteiger partial charge in [0.05, 0.1) is 29.3 Å². The van der Waals surface area contributed by atoms with E-state index in [9.17, 15) is 14.0 Å². The zero-order chi connectivity index (χ0) is 22.6. The number of halogens is 1. The van der Waals surface area contributed by atoms with Gasteiger partial charge in [0.2, 0.25) is 0 Å². The monoisotopic (exact) mass is 425 g/mol. The third-order valence-electron chi connectivity index (χ3n) is 4.28. The lowest BCUT2D eigenvalue weighted by atomic mass is 10.1. The van der Waals surface area contributed by atoms with Gasteiger partial charge in [-0.1, -0.05) is 18.2 Å². The van der Waals surface area contributed by atoms with Crippen LogP contribution in [0.25, 0.3) is 23.1 Å². The average Bonchev–Trinajstić information content (AvgIpc) is 3.13. The van der Waals surface area contributed by atoms with Crippen LogP contribution in [-0.4, -0.2) is 41.3 Å². The first kappa shape index (κ1) is 22.0. The number of hydrogen-bond donors (Lipinski definition) is 2. The Kier molecular flexibility index (Phi) is 6.39. The number of carbonyl (C=O) groups is 2. The van der Waals surface area contributed by atoms with Crippen molar-refractivity contribution in [3.8, 4) is 5.75 Å². The lowest BCUT2D eigenvalue weighted by molar-refractivity contribution is -0.153. The fourth-order valence-electron chi connectivity index (χ4n) is 2.99. The summed E-state index contributed by atoms with van der Waals surface area (Å²) in [6.07, 6.45) is 3.53. The normalized spacial score (nSPS) is 11.6.